The van der Waals surface area contributed by atoms with Gasteiger partial charge in [0.05, 0.1) is 16.3 Å². The Morgan fingerprint density at radius 2 is 2.44 bits per heavy atom. The van der Waals surface area contributed by atoms with Crippen molar-refractivity contribution in [3.8, 4) is 0 Å². The lowest BCUT2D eigenvalue weighted by Crippen LogP contribution is -2.54. The fourth-order valence-corrected chi connectivity index (χ4v) is 2.88. The first-order valence-electron chi connectivity index (χ1n) is 6.22. The molecular formula is C12H19ClN4O. The Balaban J connectivity index is 2.00. The number of carbonyl (C=O) groups excluding carboxylic acids is 1. The highest BCUT2D eigenvalue weighted by Crippen LogP contribution is 2.36. The van der Waals surface area contributed by atoms with E-state index >= 15 is 0 Å². The van der Waals surface area contributed by atoms with E-state index in [4.69, 9.17) is 23.1 Å². The molecule has 0 aromatic carbocycles. The van der Waals surface area contributed by atoms with Gasteiger partial charge in [-0.25, -0.2) is 0 Å². The molecule has 1 aliphatic carbocycles. The van der Waals surface area contributed by atoms with Crippen LogP contribution in [0.15, 0.2) is 6.20 Å². The van der Waals surface area contributed by atoms with Crippen LogP contribution >= 0.6 is 11.6 Å². The number of hydrogen-bond donors (Lipinski definition) is 2. The second-order valence-corrected chi connectivity index (χ2v) is 5.52. The summed E-state index contributed by atoms with van der Waals surface area (Å²) in [5.41, 5.74) is 11.5. The van der Waals surface area contributed by atoms with Crippen LogP contribution < -0.4 is 11.5 Å². The summed E-state index contributed by atoms with van der Waals surface area (Å²) in [6, 6.07) is 0. The van der Waals surface area contributed by atoms with Gasteiger partial charge in [-0.2, -0.15) is 5.10 Å². The van der Waals surface area contributed by atoms with E-state index in [1.54, 1.807) is 10.9 Å². The smallest absolute Gasteiger partial charge is 0.237 e. The highest BCUT2D eigenvalue weighted by atomic mass is 35.5. The molecule has 18 heavy (non-hydrogen) atoms. The predicted octanol–water partition coefficient (Wildman–Crippen LogP) is 1.22. The summed E-state index contributed by atoms with van der Waals surface area (Å²) in [6.07, 6.45) is 5.20. The van der Waals surface area contributed by atoms with Gasteiger partial charge in [0.1, 0.15) is 0 Å². The topological polar surface area (TPSA) is 86.9 Å². The number of rotatable bonds is 4. The number of nitrogens with zero attached hydrogens (tertiary/aromatic N) is 2. The molecule has 0 saturated heterocycles. The zero-order valence-corrected chi connectivity index (χ0v) is 11.3. The minimum Gasteiger partial charge on any atom is -0.368 e. The zero-order chi connectivity index (χ0) is 13.3. The van der Waals surface area contributed by atoms with E-state index in [1.807, 2.05) is 6.92 Å². The quantitative estimate of drug-likeness (QED) is 0.862. The Morgan fingerprint density at radius 1 is 1.72 bits per heavy atom. The molecule has 1 aromatic rings. The van der Waals surface area contributed by atoms with Crippen molar-refractivity contribution in [2.24, 2.45) is 17.4 Å². The van der Waals surface area contributed by atoms with Gasteiger partial charge in [-0.05, 0) is 32.1 Å². The van der Waals surface area contributed by atoms with Crippen LogP contribution in [-0.2, 0) is 11.3 Å². The van der Waals surface area contributed by atoms with Crippen LogP contribution in [0.25, 0.3) is 0 Å². The van der Waals surface area contributed by atoms with Crippen LogP contribution in [0.4, 0.5) is 0 Å². The van der Waals surface area contributed by atoms with E-state index in [0.29, 0.717) is 18.0 Å². The highest BCUT2D eigenvalue weighted by Gasteiger charge is 2.43. The lowest BCUT2D eigenvalue weighted by Gasteiger charge is -2.27. The molecule has 1 aromatic heterocycles. The van der Waals surface area contributed by atoms with Crippen molar-refractivity contribution in [1.82, 2.24) is 9.78 Å². The first kappa shape index (κ1) is 13.4. The second kappa shape index (κ2) is 4.90. The molecule has 0 radical (unpaired) electrons. The number of nitrogens with two attached hydrogens (primary N) is 2. The molecule has 2 atom stereocenters. The van der Waals surface area contributed by atoms with Gasteiger partial charge >= 0.3 is 0 Å². The van der Waals surface area contributed by atoms with Gasteiger partial charge in [-0.3, -0.25) is 9.48 Å². The SMILES string of the molecule is Cc1nn(CCC2CCCC2(N)C(N)=O)cc1Cl. The van der Waals surface area contributed by atoms with Crippen molar-refractivity contribution < 1.29 is 4.79 Å². The first-order chi connectivity index (χ1) is 8.43. The third kappa shape index (κ3) is 2.37. The Bertz CT molecular complexity index is 439. The number of aryl methyl sites for hydroxylation is 2. The van der Waals surface area contributed by atoms with Crippen molar-refractivity contribution >= 4 is 17.5 Å². The number of primary amides is 1. The van der Waals surface area contributed by atoms with Crippen LogP contribution in [0, 0.1) is 12.8 Å². The van der Waals surface area contributed by atoms with E-state index in [1.165, 1.54) is 0 Å². The average molecular weight is 271 g/mol. The highest BCUT2D eigenvalue weighted by molar-refractivity contribution is 6.31. The molecule has 1 heterocycles. The fraction of sp³-hybridized carbons (Fsp3) is 0.667. The molecule has 0 aliphatic heterocycles. The molecule has 0 bridgehead atoms. The lowest BCUT2D eigenvalue weighted by atomic mass is 9.85. The molecule has 5 nitrogen and oxygen atoms in total. The molecule has 1 saturated carbocycles. The van der Waals surface area contributed by atoms with E-state index < -0.39 is 5.54 Å². The molecule has 2 rings (SSSR count). The van der Waals surface area contributed by atoms with Crippen molar-refractivity contribution in [3.63, 3.8) is 0 Å². The van der Waals surface area contributed by atoms with E-state index in [2.05, 4.69) is 5.10 Å². The average Bonchev–Trinajstić information content (AvgIpc) is 2.82. The van der Waals surface area contributed by atoms with Gasteiger partial charge in [0.25, 0.3) is 0 Å². The third-order valence-corrected chi connectivity index (χ3v) is 4.29. The molecule has 100 valence electrons. The molecule has 2 unspecified atom stereocenters. The summed E-state index contributed by atoms with van der Waals surface area (Å²) in [4.78, 5) is 11.5. The maximum atomic E-state index is 11.5. The van der Waals surface area contributed by atoms with E-state index in [0.717, 1.165) is 25.0 Å². The summed E-state index contributed by atoms with van der Waals surface area (Å²) >= 11 is 5.95. The van der Waals surface area contributed by atoms with Crippen LogP contribution in [0.2, 0.25) is 5.02 Å². The first-order valence-corrected chi connectivity index (χ1v) is 6.59. The van der Waals surface area contributed by atoms with Crippen molar-refractivity contribution in [1.29, 1.82) is 0 Å². The molecule has 0 spiro atoms. The number of aromatic nitrogens is 2. The lowest BCUT2D eigenvalue weighted by molar-refractivity contribution is -0.124. The van der Waals surface area contributed by atoms with Gasteiger partial charge in [-0.15, -0.1) is 0 Å². The molecule has 1 aliphatic rings. The van der Waals surface area contributed by atoms with Crippen LogP contribution in [0.5, 0.6) is 0 Å². The molecule has 6 heteroatoms. The maximum Gasteiger partial charge on any atom is 0.237 e. The Hall–Kier alpha value is -1.07. The minimum absolute atomic E-state index is 0.137. The van der Waals surface area contributed by atoms with Gasteiger partial charge in [0, 0.05) is 12.7 Å². The van der Waals surface area contributed by atoms with Crippen molar-refractivity contribution in [2.45, 2.75) is 44.7 Å². The number of hydrogen-bond acceptors (Lipinski definition) is 3. The van der Waals surface area contributed by atoms with Crippen LogP contribution in [0.1, 0.15) is 31.4 Å². The zero-order valence-electron chi connectivity index (χ0n) is 10.5. The third-order valence-electron chi connectivity index (χ3n) is 3.92. The van der Waals surface area contributed by atoms with Crippen LogP contribution in [-0.4, -0.2) is 21.2 Å². The predicted molar refractivity (Wildman–Crippen MR) is 70.0 cm³/mol. The Labute approximate surface area is 111 Å². The summed E-state index contributed by atoms with van der Waals surface area (Å²) in [6.45, 7) is 2.58. The fourth-order valence-electron chi connectivity index (χ4n) is 2.73. The number of carbonyl (C=O) groups is 1. The monoisotopic (exact) mass is 270 g/mol. The van der Waals surface area contributed by atoms with Gasteiger partial charge in [-0.1, -0.05) is 18.0 Å². The van der Waals surface area contributed by atoms with Gasteiger partial charge < -0.3 is 11.5 Å². The van der Waals surface area contributed by atoms with E-state index in [-0.39, 0.29) is 11.8 Å². The van der Waals surface area contributed by atoms with Gasteiger partial charge in [0.2, 0.25) is 5.91 Å². The number of amides is 1. The second-order valence-electron chi connectivity index (χ2n) is 5.11. The minimum atomic E-state index is -0.841. The van der Waals surface area contributed by atoms with E-state index in [9.17, 15) is 4.79 Å². The molecule has 4 N–H and O–H groups in total. The van der Waals surface area contributed by atoms with Crippen molar-refractivity contribution in [2.75, 3.05) is 0 Å². The standard InChI is InChI=1S/C12H19ClN4O/c1-8-10(13)7-17(16-8)6-4-9-3-2-5-12(9,15)11(14)18/h7,9H,2-6,15H2,1H3,(H2,14,18). The summed E-state index contributed by atoms with van der Waals surface area (Å²) < 4.78 is 1.80. The largest absolute Gasteiger partial charge is 0.368 e. The molecular weight excluding hydrogens is 252 g/mol. The Morgan fingerprint density at radius 3 is 3.00 bits per heavy atom. The number of halogens is 1. The molecule has 1 fully saturated rings. The van der Waals surface area contributed by atoms with Crippen LogP contribution in [0.3, 0.4) is 0 Å². The summed E-state index contributed by atoms with van der Waals surface area (Å²) in [7, 11) is 0. The summed E-state index contributed by atoms with van der Waals surface area (Å²) in [5.74, 6) is -0.252. The normalized spacial score (nSPS) is 27.6. The molecule has 1 amide bonds. The Kier molecular flexibility index (Phi) is 3.64. The summed E-state index contributed by atoms with van der Waals surface area (Å²) in [5, 5.41) is 4.95. The van der Waals surface area contributed by atoms with Crippen molar-refractivity contribution in [3.05, 3.63) is 16.9 Å². The van der Waals surface area contributed by atoms with Gasteiger partial charge in [0.15, 0.2) is 0 Å². The maximum absolute atomic E-state index is 11.5.